The first kappa shape index (κ1) is 14.1. The summed E-state index contributed by atoms with van der Waals surface area (Å²) in [6.07, 6.45) is 1.52. The molecule has 0 atom stereocenters. The van der Waals surface area contributed by atoms with E-state index >= 15 is 0 Å². The molecule has 0 N–H and O–H groups in total. The summed E-state index contributed by atoms with van der Waals surface area (Å²) in [6.45, 7) is 3.76. The number of benzene rings is 1. The molecule has 0 saturated carbocycles. The van der Waals surface area contributed by atoms with E-state index in [2.05, 4.69) is 4.99 Å². The first-order valence-corrected chi connectivity index (χ1v) is 6.19. The Balaban J connectivity index is 2.54. The average molecular weight is 276 g/mol. The summed E-state index contributed by atoms with van der Waals surface area (Å²) in [5.41, 5.74) is 0.385. The van der Waals surface area contributed by atoms with E-state index in [-0.39, 0.29) is 11.6 Å². The molecule has 0 radical (unpaired) electrons. The summed E-state index contributed by atoms with van der Waals surface area (Å²) in [4.78, 5) is 16.6. The molecule has 0 saturated heterocycles. The van der Waals surface area contributed by atoms with Gasteiger partial charge in [-0.25, -0.2) is 8.78 Å². The molecule has 0 aliphatic carbocycles. The lowest BCUT2D eigenvalue weighted by molar-refractivity contribution is 0.0953. The van der Waals surface area contributed by atoms with Crippen molar-refractivity contribution < 1.29 is 13.6 Å². The Morgan fingerprint density at radius 3 is 2.40 bits per heavy atom. The smallest absolute Gasteiger partial charge is 0.263 e. The topological polar surface area (TPSA) is 34.4 Å². The third-order valence-corrected chi connectivity index (χ3v) is 2.56. The van der Waals surface area contributed by atoms with Crippen molar-refractivity contribution in [3.05, 3.63) is 65.3 Å². The van der Waals surface area contributed by atoms with E-state index in [1.807, 2.05) is 13.8 Å². The molecule has 0 amide bonds. The van der Waals surface area contributed by atoms with E-state index in [1.54, 1.807) is 18.2 Å². The Kier molecular flexibility index (Phi) is 4.08. The van der Waals surface area contributed by atoms with Crippen molar-refractivity contribution in [1.29, 1.82) is 0 Å². The fraction of sp³-hybridized carbons (Fsp3) is 0.200. The maximum absolute atomic E-state index is 13.2. The van der Waals surface area contributed by atoms with Crippen LogP contribution in [0.25, 0.3) is 0 Å². The maximum Gasteiger partial charge on any atom is 0.263 e. The van der Waals surface area contributed by atoms with Crippen molar-refractivity contribution in [3.8, 4) is 0 Å². The number of nitrogens with zero attached hydrogens (tertiary/aromatic N) is 2. The van der Waals surface area contributed by atoms with Gasteiger partial charge in [0, 0.05) is 23.9 Å². The highest BCUT2D eigenvalue weighted by atomic mass is 19.1. The minimum absolute atomic E-state index is 0.000644. The van der Waals surface area contributed by atoms with Gasteiger partial charge in [-0.3, -0.25) is 14.4 Å². The molecule has 104 valence electrons. The first-order valence-electron chi connectivity index (χ1n) is 6.19. The van der Waals surface area contributed by atoms with Crippen molar-refractivity contribution in [2.24, 2.45) is 4.99 Å². The fourth-order valence-corrected chi connectivity index (χ4v) is 1.79. The molecule has 5 heteroatoms. The van der Waals surface area contributed by atoms with Crippen LogP contribution in [0.3, 0.4) is 0 Å². The molecule has 2 rings (SSSR count). The van der Waals surface area contributed by atoms with Gasteiger partial charge in [-0.15, -0.1) is 0 Å². The highest BCUT2D eigenvalue weighted by molar-refractivity contribution is 5.95. The molecule has 0 unspecified atom stereocenters. The minimum Gasteiger partial charge on any atom is -0.268 e. The highest BCUT2D eigenvalue weighted by Gasteiger charge is 2.11. The lowest BCUT2D eigenvalue weighted by Gasteiger charge is -2.07. The zero-order valence-corrected chi connectivity index (χ0v) is 11.2. The van der Waals surface area contributed by atoms with Gasteiger partial charge in [0.2, 0.25) is 0 Å². The molecule has 20 heavy (non-hydrogen) atoms. The van der Waals surface area contributed by atoms with Crippen LogP contribution >= 0.6 is 0 Å². The first-order chi connectivity index (χ1) is 9.47. The number of carbonyl (C=O) groups is 1. The van der Waals surface area contributed by atoms with Gasteiger partial charge < -0.3 is 0 Å². The second kappa shape index (κ2) is 5.77. The Hall–Kier alpha value is -2.30. The molecule has 1 aromatic carbocycles. The van der Waals surface area contributed by atoms with Gasteiger partial charge >= 0.3 is 0 Å². The zero-order chi connectivity index (χ0) is 14.7. The molecule has 0 fully saturated rings. The van der Waals surface area contributed by atoms with Gasteiger partial charge in [0.25, 0.3) is 5.91 Å². The zero-order valence-electron chi connectivity index (χ0n) is 11.2. The van der Waals surface area contributed by atoms with Gasteiger partial charge in [0.1, 0.15) is 17.1 Å². The number of halogens is 2. The summed E-state index contributed by atoms with van der Waals surface area (Å²) >= 11 is 0. The average Bonchev–Trinajstić information content (AvgIpc) is 2.36. The van der Waals surface area contributed by atoms with Crippen LogP contribution in [0.2, 0.25) is 0 Å². The van der Waals surface area contributed by atoms with E-state index in [1.165, 1.54) is 10.8 Å². The van der Waals surface area contributed by atoms with Crippen molar-refractivity contribution in [1.82, 2.24) is 4.57 Å². The van der Waals surface area contributed by atoms with Crippen molar-refractivity contribution in [2.75, 3.05) is 0 Å². The van der Waals surface area contributed by atoms with Crippen LogP contribution in [-0.2, 0) is 0 Å². The number of aromatic nitrogens is 1. The second-order valence-electron chi connectivity index (χ2n) is 4.61. The summed E-state index contributed by atoms with van der Waals surface area (Å²) in [7, 11) is 0. The highest BCUT2D eigenvalue weighted by Crippen LogP contribution is 2.09. The van der Waals surface area contributed by atoms with E-state index in [0.29, 0.717) is 5.49 Å². The lowest BCUT2D eigenvalue weighted by atomic mass is 10.2. The van der Waals surface area contributed by atoms with Crippen LogP contribution in [0, 0.1) is 11.6 Å². The van der Waals surface area contributed by atoms with Crippen LogP contribution in [0.15, 0.2) is 47.6 Å². The number of hydrogen-bond donors (Lipinski definition) is 0. The molecule has 0 bridgehead atoms. The molecule has 0 aliphatic heterocycles. The Morgan fingerprint density at radius 1 is 1.15 bits per heavy atom. The third-order valence-electron chi connectivity index (χ3n) is 2.56. The number of pyridine rings is 1. The predicted molar refractivity (Wildman–Crippen MR) is 71.2 cm³/mol. The summed E-state index contributed by atoms with van der Waals surface area (Å²) in [5, 5.41) is 0. The Labute approximate surface area is 115 Å². The van der Waals surface area contributed by atoms with Crippen molar-refractivity contribution in [3.63, 3.8) is 0 Å². The van der Waals surface area contributed by atoms with Gasteiger partial charge in [-0.05, 0) is 38.1 Å². The minimum atomic E-state index is -0.785. The molecular weight excluding hydrogens is 262 g/mol. The molecule has 1 heterocycles. The molecule has 0 spiro atoms. The van der Waals surface area contributed by atoms with Crippen LogP contribution < -0.4 is 5.49 Å². The van der Waals surface area contributed by atoms with E-state index < -0.39 is 17.5 Å². The molecular formula is C15H14F2N2O. The normalized spacial score (nSPS) is 11.9. The third kappa shape index (κ3) is 3.17. The predicted octanol–water partition coefficient (Wildman–Crippen LogP) is 2.76. The van der Waals surface area contributed by atoms with Gasteiger partial charge in [0.05, 0.1) is 0 Å². The molecule has 2 aromatic rings. The number of carbonyl (C=O) groups excluding carboxylic acids is 1. The SMILES string of the molecule is CC(C)N=c1ccccn1C(=O)c1cc(F)cc(F)c1. The van der Waals surface area contributed by atoms with Gasteiger partial charge in [-0.1, -0.05) is 6.07 Å². The van der Waals surface area contributed by atoms with Gasteiger partial charge in [0.15, 0.2) is 0 Å². The monoisotopic (exact) mass is 276 g/mol. The van der Waals surface area contributed by atoms with Crippen LogP contribution in [0.5, 0.6) is 0 Å². The van der Waals surface area contributed by atoms with Crippen LogP contribution in [-0.4, -0.2) is 16.5 Å². The van der Waals surface area contributed by atoms with Crippen LogP contribution in [0.1, 0.15) is 24.2 Å². The van der Waals surface area contributed by atoms with E-state index in [0.717, 1.165) is 18.2 Å². The Bertz CT molecular complexity index is 685. The molecule has 0 aliphatic rings. The molecule has 3 nitrogen and oxygen atoms in total. The Morgan fingerprint density at radius 2 is 1.80 bits per heavy atom. The maximum atomic E-state index is 13.2. The summed E-state index contributed by atoms with van der Waals surface area (Å²) in [6, 6.07) is 7.82. The van der Waals surface area contributed by atoms with Crippen molar-refractivity contribution in [2.45, 2.75) is 19.9 Å². The largest absolute Gasteiger partial charge is 0.268 e. The van der Waals surface area contributed by atoms with E-state index in [9.17, 15) is 13.6 Å². The standard InChI is InChI=1S/C15H14F2N2O/c1-10(2)18-14-5-3-4-6-19(14)15(20)11-7-12(16)9-13(17)8-11/h3-10H,1-2H3. The summed E-state index contributed by atoms with van der Waals surface area (Å²) in [5.74, 6) is -2.09. The fourth-order valence-electron chi connectivity index (χ4n) is 1.79. The van der Waals surface area contributed by atoms with Crippen LogP contribution in [0.4, 0.5) is 8.78 Å². The quantitative estimate of drug-likeness (QED) is 0.830. The summed E-state index contributed by atoms with van der Waals surface area (Å²) < 4.78 is 27.7. The molecule has 1 aromatic heterocycles. The van der Waals surface area contributed by atoms with Gasteiger partial charge in [-0.2, -0.15) is 0 Å². The second-order valence-corrected chi connectivity index (χ2v) is 4.61. The number of rotatable bonds is 2. The number of hydrogen-bond acceptors (Lipinski definition) is 2. The van der Waals surface area contributed by atoms with Crippen molar-refractivity contribution >= 4 is 5.91 Å². The lowest BCUT2D eigenvalue weighted by Crippen LogP contribution is -2.28. The van der Waals surface area contributed by atoms with E-state index in [4.69, 9.17) is 0 Å².